The molecule has 0 bridgehead atoms. The number of likely N-dealkylation sites (N-methyl/N-ethyl adjacent to an activating group) is 1. The number of aryl methyl sites for hydroxylation is 1. The number of carbonyl (C=O) groups excluding carboxylic acids is 3. The van der Waals surface area contributed by atoms with Crippen molar-refractivity contribution in [3.05, 3.63) is 18.0 Å². The molecule has 1 aromatic heterocycles. The van der Waals surface area contributed by atoms with E-state index in [1.807, 2.05) is 6.92 Å². The average molecular weight is 349 g/mol. The molecule has 8 nitrogen and oxygen atoms in total. The van der Waals surface area contributed by atoms with Crippen molar-refractivity contribution in [2.45, 2.75) is 18.1 Å². The zero-order valence-corrected chi connectivity index (χ0v) is 14.5. The van der Waals surface area contributed by atoms with E-state index in [1.54, 1.807) is 29.1 Å². The van der Waals surface area contributed by atoms with Gasteiger partial charge in [0.2, 0.25) is 17.7 Å². The molecule has 0 radical (unpaired) electrons. The van der Waals surface area contributed by atoms with Crippen molar-refractivity contribution in [3.8, 4) is 0 Å². The summed E-state index contributed by atoms with van der Waals surface area (Å²) < 4.78 is 0. The van der Waals surface area contributed by atoms with Crippen LogP contribution >= 0.6 is 11.8 Å². The number of fused-ring (bicyclic) bond motifs is 1. The zero-order valence-electron chi connectivity index (χ0n) is 13.6. The molecule has 0 spiro atoms. The molecule has 2 aliphatic rings. The lowest BCUT2D eigenvalue weighted by Crippen LogP contribution is -2.66. The molecule has 3 rings (SSSR count). The monoisotopic (exact) mass is 349 g/mol. The minimum Gasteiger partial charge on any atom is -0.338 e. The maximum Gasteiger partial charge on any atom is 0.247 e. The van der Waals surface area contributed by atoms with E-state index in [9.17, 15) is 14.4 Å². The highest BCUT2D eigenvalue weighted by molar-refractivity contribution is 7.99. The van der Waals surface area contributed by atoms with Gasteiger partial charge in [-0.1, -0.05) is 11.8 Å². The van der Waals surface area contributed by atoms with Gasteiger partial charge in [0.1, 0.15) is 6.04 Å². The topological polar surface area (TPSA) is 86.7 Å². The highest BCUT2D eigenvalue weighted by atomic mass is 32.2. The molecular weight excluding hydrogens is 330 g/mol. The second-order valence-electron chi connectivity index (χ2n) is 5.91. The van der Waals surface area contributed by atoms with Crippen LogP contribution in [-0.4, -0.2) is 87.4 Å². The molecule has 1 atom stereocenters. The molecule has 2 aliphatic heterocycles. The Kier molecular flexibility index (Phi) is 4.70. The Balaban J connectivity index is 1.60. The summed E-state index contributed by atoms with van der Waals surface area (Å²) in [5.41, 5.74) is 0.850. The van der Waals surface area contributed by atoms with Gasteiger partial charge in [0.15, 0.2) is 5.16 Å². The first-order valence-electron chi connectivity index (χ1n) is 7.70. The van der Waals surface area contributed by atoms with Gasteiger partial charge in [-0.25, -0.2) is 9.97 Å². The SMILES string of the molecule is Cc1ccnc(SCC(=O)N2CCN3C(=O)CN(C)C(=O)C3C2)n1. The summed E-state index contributed by atoms with van der Waals surface area (Å²) in [7, 11) is 1.61. The lowest BCUT2D eigenvalue weighted by Gasteiger charge is -2.45. The van der Waals surface area contributed by atoms with Crippen LogP contribution in [0, 0.1) is 6.92 Å². The van der Waals surface area contributed by atoms with Crippen LogP contribution in [-0.2, 0) is 14.4 Å². The summed E-state index contributed by atoms with van der Waals surface area (Å²) >= 11 is 1.28. The van der Waals surface area contributed by atoms with Gasteiger partial charge >= 0.3 is 0 Å². The fourth-order valence-corrected chi connectivity index (χ4v) is 3.64. The molecule has 2 fully saturated rings. The van der Waals surface area contributed by atoms with Crippen molar-refractivity contribution in [1.29, 1.82) is 0 Å². The summed E-state index contributed by atoms with van der Waals surface area (Å²) in [6.07, 6.45) is 1.66. The first-order chi connectivity index (χ1) is 11.5. The minimum absolute atomic E-state index is 0.0586. The van der Waals surface area contributed by atoms with Crippen molar-refractivity contribution in [1.82, 2.24) is 24.7 Å². The van der Waals surface area contributed by atoms with E-state index in [4.69, 9.17) is 0 Å². The number of rotatable bonds is 3. The smallest absolute Gasteiger partial charge is 0.247 e. The van der Waals surface area contributed by atoms with Crippen LogP contribution in [0.15, 0.2) is 17.4 Å². The standard InChI is InChI=1S/C15H19N5O3S/c1-10-3-4-16-15(17-10)24-9-13(22)19-5-6-20-11(7-19)14(23)18(2)8-12(20)21/h3-4,11H,5-9H2,1-2H3. The van der Waals surface area contributed by atoms with Gasteiger partial charge in [-0.15, -0.1) is 0 Å². The lowest BCUT2D eigenvalue weighted by molar-refractivity contribution is -0.160. The van der Waals surface area contributed by atoms with E-state index in [2.05, 4.69) is 9.97 Å². The molecular formula is C15H19N5O3S. The van der Waals surface area contributed by atoms with Gasteiger partial charge in [-0.2, -0.15) is 0 Å². The number of aromatic nitrogens is 2. The molecule has 3 amide bonds. The Morgan fingerprint density at radius 1 is 1.38 bits per heavy atom. The van der Waals surface area contributed by atoms with Crippen molar-refractivity contribution in [2.75, 3.05) is 39.0 Å². The summed E-state index contributed by atoms with van der Waals surface area (Å²) in [5.74, 6) is -0.0227. The molecule has 1 unspecified atom stereocenters. The van der Waals surface area contributed by atoms with Crippen LogP contribution in [0.1, 0.15) is 5.69 Å². The second kappa shape index (κ2) is 6.76. The zero-order chi connectivity index (χ0) is 17.3. The van der Waals surface area contributed by atoms with Crippen LogP contribution in [0.4, 0.5) is 0 Å². The number of piperazine rings is 2. The summed E-state index contributed by atoms with van der Waals surface area (Å²) in [6, 6.07) is 1.24. The number of hydrogen-bond acceptors (Lipinski definition) is 6. The lowest BCUT2D eigenvalue weighted by atomic mass is 10.1. The fourth-order valence-electron chi connectivity index (χ4n) is 2.86. The third-order valence-corrected chi connectivity index (χ3v) is 5.03. The van der Waals surface area contributed by atoms with E-state index < -0.39 is 6.04 Å². The number of amides is 3. The molecule has 0 aliphatic carbocycles. The Labute approximate surface area is 144 Å². The first-order valence-corrected chi connectivity index (χ1v) is 8.69. The third-order valence-electron chi connectivity index (χ3n) is 4.18. The second-order valence-corrected chi connectivity index (χ2v) is 6.85. The molecule has 128 valence electrons. The summed E-state index contributed by atoms with van der Waals surface area (Å²) in [6.45, 7) is 3.09. The summed E-state index contributed by atoms with van der Waals surface area (Å²) in [4.78, 5) is 49.7. The van der Waals surface area contributed by atoms with Crippen LogP contribution in [0.2, 0.25) is 0 Å². The normalized spacial score (nSPS) is 21.1. The molecule has 2 saturated heterocycles. The van der Waals surface area contributed by atoms with Crippen molar-refractivity contribution in [2.24, 2.45) is 0 Å². The summed E-state index contributed by atoms with van der Waals surface area (Å²) in [5, 5.41) is 0.561. The van der Waals surface area contributed by atoms with Gasteiger partial charge in [-0.3, -0.25) is 14.4 Å². The highest BCUT2D eigenvalue weighted by Crippen LogP contribution is 2.19. The van der Waals surface area contributed by atoms with Gasteiger partial charge in [0.05, 0.1) is 18.8 Å². The minimum atomic E-state index is -0.561. The Bertz CT molecular complexity index is 683. The first kappa shape index (κ1) is 16.7. The van der Waals surface area contributed by atoms with Crippen molar-refractivity contribution in [3.63, 3.8) is 0 Å². The molecule has 0 aromatic carbocycles. The number of thioether (sulfide) groups is 1. The highest BCUT2D eigenvalue weighted by Gasteiger charge is 2.42. The van der Waals surface area contributed by atoms with Crippen LogP contribution in [0.5, 0.6) is 0 Å². The van der Waals surface area contributed by atoms with E-state index >= 15 is 0 Å². The maximum atomic E-state index is 12.4. The van der Waals surface area contributed by atoms with Crippen molar-refractivity contribution < 1.29 is 14.4 Å². The fraction of sp³-hybridized carbons (Fsp3) is 0.533. The van der Waals surface area contributed by atoms with E-state index in [0.29, 0.717) is 18.2 Å². The Morgan fingerprint density at radius 2 is 2.17 bits per heavy atom. The molecule has 1 aromatic rings. The maximum absolute atomic E-state index is 12.4. The number of carbonyl (C=O) groups is 3. The molecule has 9 heteroatoms. The predicted octanol–water partition coefficient (Wildman–Crippen LogP) is -0.611. The van der Waals surface area contributed by atoms with Crippen LogP contribution < -0.4 is 0 Å². The number of nitrogens with zero attached hydrogens (tertiary/aromatic N) is 5. The van der Waals surface area contributed by atoms with Crippen LogP contribution in [0.3, 0.4) is 0 Å². The third kappa shape index (κ3) is 3.35. The molecule has 24 heavy (non-hydrogen) atoms. The molecule has 3 heterocycles. The Morgan fingerprint density at radius 3 is 2.92 bits per heavy atom. The van der Waals surface area contributed by atoms with Gasteiger partial charge < -0.3 is 14.7 Å². The Hall–Kier alpha value is -2.16. The van der Waals surface area contributed by atoms with Crippen molar-refractivity contribution >= 4 is 29.5 Å². The largest absolute Gasteiger partial charge is 0.338 e. The van der Waals surface area contributed by atoms with E-state index in [0.717, 1.165) is 5.69 Å². The molecule has 0 N–H and O–H groups in total. The quantitative estimate of drug-likeness (QED) is 0.534. The van der Waals surface area contributed by atoms with Gasteiger partial charge in [-0.05, 0) is 13.0 Å². The van der Waals surface area contributed by atoms with Crippen LogP contribution in [0.25, 0.3) is 0 Å². The van der Waals surface area contributed by atoms with E-state index in [1.165, 1.54) is 16.7 Å². The number of hydrogen-bond donors (Lipinski definition) is 0. The van der Waals surface area contributed by atoms with E-state index in [-0.39, 0.29) is 36.6 Å². The molecule has 0 saturated carbocycles. The average Bonchev–Trinajstić information content (AvgIpc) is 2.57. The van der Waals surface area contributed by atoms with Gasteiger partial charge in [0.25, 0.3) is 0 Å². The predicted molar refractivity (Wildman–Crippen MR) is 87.2 cm³/mol. The van der Waals surface area contributed by atoms with Gasteiger partial charge in [0, 0.05) is 32.0 Å².